The lowest BCUT2D eigenvalue weighted by atomic mass is 9.99. The van der Waals surface area contributed by atoms with Gasteiger partial charge in [0.05, 0.1) is 20.6 Å². The number of amides is 1. The van der Waals surface area contributed by atoms with Crippen LogP contribution in [0.3, 0.4) is 0 Å². The molecule has 138 valence electrons. The summed E-state index contributed by atoms with van der Waals surface area (Å²) in [6.07, 6.45) is 0.926. The molecule has 0 fully saturated rings. The molecule has 1 aliphatic heterocycles. The first-order chi connectivity index (χ1) is 12.6. The minimum Gasteiger partial charge on any atom is -0.493 e. The third-order valence-corrected chi connectivity index (χ3v) is 5.20. The van der Waals surface area contributed by atoms with Crippen molar-refractivity contribution in [1.82, 2.24) is 4.90 Å². The van der Waals surface area contributed by atoms with Crippen molar-refractivity contribution in [3.05, 3.63) is 45.6 Å². The van der Waals surface area contributed by atoms with Crippen LogP contribution in [-0.2, 0) is 33.7 Å². The molecule has 1 aliphatic rings. The molecule has 7 heteroatoms. The summed E-state index contributed by atoms with van der Waals surface area (Å²) in [4.78, 5) is 26.8. The highest BCUT2D eigenvalue weighted by molar-refractivity contribution is 7.10. The van der Waals surface area contributed by atoms with E-state index < -0.39 is 0 Å². The number of methoxy groups -OCH3 is 2. The normalized spacial score (nSPS) is 13.1. The van der Waals surface area contributed by atoms with Crippen LogP contribution in [0.1, 0.15) is 16.0 Å². The van der Waals surface area contributed by atoms with Gasteiger partial charge in [0.25, 0.3) is 5.91 Å². The molecule has 0 atom stereocenters. The quantitative estimate of drug-likeness (QED) is 0.726. The van der Waals surface area contributed by atoms with Crippen LogP contribution in [-0.4, -0.2) is 44.1 Å². The minimum absolute atomic E-state index is 0.190. The lowest BCUT2D eigenvalue weighted by molar-refractivity contribution is -0.151. The number of benzene rings is 1. The number of esters is 1. The number of rotatable bonds is 6. The van der Waals surface area contributed by atoms with Crippen LogP contribution < -0.4 is 9.47 Å². The molecule has 0 unspecified atom stereocenters. The monoisotopic (exact) mass is 375 g/mol. The molecular formula is C19H21NO5S. The van der Waals surface area contributed by atoms with E-state index >= 15 is 0 Å². The second kappa shape index (κ2) is 8.23. The highest BCUT2D eigenvalue weighted by atomic mass is 32.1. The zero-order chi connectivity index (χ0) is 18.5. The Morgan fingerprint density at radius 2 is 1.88 bits per heavy atom. The predicted molar refractivity (Wildman–Crippen MR) is 97.6 cm³/mol. The molecule has 0 bridgehead atoms. The summed E-state index contributed by atoms with van der Waals surface area (Å²) in [5, 5.41) is 1.90. The van der Waals surface area contributed by atoms with E-state index in [-0.39, 0.29) is 24.9 Å². The lowest BCUT2D eigenvalue weighted by Gasteiger charge is -2.29. The molecule has 0 N–H and O–H groups in total. The minimum atomic E-state index is -0.385. The summed E-state index contributed by atoms with van der Waals surface area (Å²) in [6.45, 7) is 0.827. The van der Waals surface area contributed by atoms with Crippen molar-refractivity contribution >= 4 is 23.2 Å². The summed E-state index contributed by atoms with van der Waals surface area (Å²) in [6, 6.07) is 7.61. The smallest absolute Gasteiger partial charge is 0.311 e. The fourth-order valence-electron chi connectivity index (χ4n) is 2.94. The largest absolute Gasteiger partial charge is 0.493 e. The first-order valence-corrected chi connectivity index (χ1v) is 9.18. The summed E-state index contributed by atoms with van der Waals surface area (Å²) in [5.74, 6) is 0.756. The van der Waals surface area contributed by atoms with Gasteiger partial charge in [-0.15, -0.1) is 11.3 Å². The maximum atomic E-state index is 12.4. The van der Waals surface area contributed by atoms with Gasteiger partial charge in [-0.05, 0) is 41.1 Å². The molecule has 2 aromatic rings. The zero-order valence-electron chi connectivity index (χ0n) is 14.8. The van der Waals surface area contributed by atoms with Crippen molar-refractivity contribution in [2.75, 3.05) is 27.4 Å². The standard InChI is InChI=1S/C19H21NO5S/c1-23-16-8-13-5-6-20(11-14(13)9-17(16)24-2)18(21)12-25-19(22)10-15-4-3-7-26-15/h3-4,7-9H,5-6,10-12H2,1-2H3. The zero-order valence-corrected chi connectivity index (χ0v) is 15.6. The number of fused-ring (bicyclic) bond motifs is 1. The highest BCUT2D eigenvalue weighted by Gasteiger charge is 2.23. The van der Waals surface area contributed by atoms with E-state index in [1.807, 2.05) is 29.6 Å². The SMILES string of the molecule is COc1cc2c(cc1OC)CN(C(=O)COC(=O)Cc1cccs1)CC2. The molecule has 6 nitrogen and oxygen atoms in total. The Labute approximate surface area is 156 Å². The third kappa shape index (κ3) is 4.16. The molecule has 3 rings (SSSR count). The van der Waals surface area contributed by atoms with Crippen molar-refractivity contribution < 1.29 is 23.8 Å². The van der Waals surface area contributed by atoms with Gasteiger partial charge in [0.1, 0.15) is 0 Å². The van der Waals surface area contributed by atoms with Gasteiger partial charge in [0.15, 0.2) is 18.1 Å². The summed E-state index contributed by atoms with van der Waals surface area (Å²) in [7, 11) is 3.19. The van der Waals surface area contributed by atoms with Crippen molar-refractivity contribution in [2.45, 2.75) is 19.4 Å². The molecule has 0 saturated heterocycles. The van der Waals surface area contributed by atoms with Crippen LogP contribution in [0.5, 0.6) is 11.5 Å². The van der Waals surface area contributed by atoms with Crippen molar-refractivity contribution in [1.29, 1.82) is 0 Å². The Hall–Kier alpha value is -2.54. The number of hydrogen-bond acceptors (Lipinski definition) is 6. The molecule has 0 radical (unpaired) electrons. The van der Waals surface area contributed by atoms with Gasteiger partial charge < -0.3 is 19.1 Å². The molecule has 1 aromatic heterocycles. The van der Waals surface area contributed by atoms with Gasteiger partial charge in [-0.1, -0.05) is 6.07 Å². The molecule has 1 amide bonds. The highest BCUT2D eigenvalue weighted by Crippen LogP contribution is 2.33. The molecular weight excluding hydrogens is 354 g/mol. The Morgan fingerprint density at radius 1 is 1.15 bits per heavy atom. The third-order valence-electron chi connectivity index (χ3n) is 4.33. The Balaban J connectivity index is 1.57. The molecule has 0 aliphatic carbocycles. The number of ether oxygens (including phenoxy) is 3. The molecule has 26 heavy (non-hydrogen) atoms. The Bertz CT molecular complexity index is 787. The van der Waals surface area contributed by atoms with E-state index in [0.717, 1.165) is 22.4 Å². The first-order valence-electron chi connectivity index (χ1n) is 8.30. The lowest BCUT2D eigenvalue weighted by Crippen LogP contribution is -2.38. The van der Waals surface area contributed by atoms with Crippen molar-refractivity contribution in [3.8, 4) is 11.5 Å². The fraction of sp³-hybridized carbons (Fsp3) is 0.368. The second-order valence-corrected chi connectivity index (χ2v) is 6.99. The van der Waals surface area contributed by atoms with E-state index in [1.165, 1.54) is 11.3 Å². The molecule has 0 spiro atoms. The van der Waals surface area contributed by atoms with Crippen molar-refractivity contribution in [2.24, 2.45) is 0 Å². The maximum Gasteiger partial charge on any atom is 0.311 e. The summed E-state index contributed by atoms with van der Waals surface area (Å²) >= 11 is 1.49. The molecule has 2 heterocycles. The fourth-order valence-corrected chi connectivity index (χ4v) is 3.63. The average molecular weight is 375 g/mol. The van der Waals surface area contributed by atoms with E-state index in [4.69, 9.17) is 14.2 Å². The van der Waals surface area contributed by atoms with Gasteiger partial charge in [0, 0.05) is 18.0 Å². The summed E-state index contributed by atoms with van der Waals surface area (Å²) < 4.78 is 15.8. The van der Waals surface area contributed by atoms with Gasteiger partial charge >= 0.3 is 5.97 Å². The average Bonchev–Trinajstić information content (AvgIpc) is 3.17. The number of nitrogens with zero attached hydrogens (tertiary/aromatic N) is 1. The number of carbonyl (C=O) groups excluding carboxylic acids is 2. The van der Waals surface area contributed by atoms with Gasteiger partial charge in [-0.25, -0.2) is 0 Å². The van der Waals surface area contributed by atoms with Crippen LogP contribution in [0, 0.1) is 0 Å². The Morgan fingerprint density at radius 3 is 2.54 bits per heavy atom. The first kappa shape index (κ1) is 18.3. The van der Waals surface area contributed by atoms with Gasteiger partial charge in [-0.2, -0.15) is 0 Å². The van der Waals surface area contributed by atoms with Crippen LogP contribution in [0.25, 0.3) is 0 Å². The predicted octanol–water partition coefficient (Wildman–Crippen LogP) is 2.44. The van der Waals surface area contributed by atoms with Gasteiger partial charge in [-0.3, -0.25) is 9.59 Å². The topological polar surface area (TPSA) is 65.1 Å². The maximum absolute atomic E-state index is 12.4. The van der Waals surface area contributed by atoms with Crippen LogP contribution in [0.4, 0.5) is 0 Å². The van der Waals surface area contributed by atoms with E-state index in [1.54, 1.807) is 19.1 Å². The van der Waals surface area contributed by atoms with Crippen LogP contribution in [0.2, 0.25) is 0 Å². The van der Waals surface area contributed by atoms with Crippen LogP contribution in [0.15, 0.2) is 29.6 Å². The number of carbonyl (C=O) groups is 2. The second-order valence-electron chi connectivity index (χ2n) is 5.96. The molecule has 0 saturated carbocycles. The Kier molecular flexibility index (Phi) is 5.78. The van der Waals surface area contributed by atoms with Crippen molar-refractivity contribution in [3.63, 3.8) is 0 Å². The summed E-state index contributed by atoms with van der Waals surface area (Å²) in [5.41, 5.74) is 2.16. The molecule has 1 aromatic carbocycles. The van der Waals surface area contributed by atoms with Crippen LogP contribution >= 0.6 is 11.3 Å². The van der Waals surface area contributed by atoms with E-state index in [9.17, 15) is 9.59 Å². The number of thiophene rings is 1. The van der Waals surface area contributed by atoms with E-state index in [0.29, 0.717) is 24.6 Å². The van der Waals surface area contributed by atoms with E-state index in [2.05, 4.69) is 0 Å². The van der Waals surface area contributed by atoms with Gasteiger partial charge in [0.2, 0.25) is 0 Å². The number of hydrogen-bond donors (Lipinski definition) is 0.